The maximum Gasteiger partial charge on any atom is 0.422 e. The van der Waals surface area contributed by atoms with Gasteiger partial charge in [0, 0.05) is 17.4 Å². The van der Waals surface area contributed by atoms with E-state index in [4.69, 9.17) is 0 Å². The zero-order valence-corrected chi connectivity index (χ0v) is 18.8. The number of nitrogens with one attached hydrogen (secondary N) is 3. The summed E-state index contributed by atoms with van der Waals surface area (Å²) in [5.74, 6) is -0.600. The SMILES string of the molecule is O=C(Nc1nc2cc(-c3cc(Cc4n[nH]c(=O)c5ccccc45)ccc3F)ccc2[nH]1)OCC(F)(F)F. The first-order valence-electron chi connectivity index (χ1n) is 10.9. The highest BCUT2D eigenvalue weighted by Gasteiger charge is 2.29. The van der Waals surface area contributed by atoms with E-state index in [-0.39, 0.29) is 17.1 Å². The Morgan fingerprint density at radius 1 is 1.03 bits per heavy atom. The van der Waals surface area contributed by atoms with Crippen LogP contribution in [-0.4, -0.2) is 39.0 Å². The molecule has 2 aromatic heterocycles. The van der Waals surface area contributed by atoms with Gasteiger partial charge in [0.15, 0.2) is 6.61 Å². The molecule has 0 spiro atoms. The van der Waals surface area contributed by atoms with E-state index in [0.717, 1.165) is 5.56 Å². The Kier molecular flexibility index (Phi) is 6.07. The second-order valence-electron chi connectivity index (χ2n) is 8.17. The average Bonchev–Trinajstić information content (AvgIpc) is 3.27. The van der Waals surface area contributed by atoms with E-state index in [1.54, 1.807) is 54.6 Å². The van der Waals surface area contributed by atoms with E-state index in [2.05, 4.69) is 30.2 Å². The molecule has 3 N–H and O–H groups in total. The quantitative estimate of drug-likeness (QED) is 0.277. The first-order valence-corrected chi connectivity index (χ1v) is 10.9. The molecule has 3 aromatic carbocycles. The maximum absolute atomic E-state index is 14.8. The maximum atomic E-state index is 14.8. The van der Waals surface area contributed by atoms with Crippen molar-refractivity contribution >= 4 is 33.8 Å². The van der Waals surface area contributed by atoms with Crippen molar-refractivity contribution in [2.45, 2.75) is 12.6 Å². The summed E-state index contributed by atoms with van der Waals surface area (Å²) in [6, 6.07) is 16.5. The first kappa shape index (κ1) is 24.0. The third-order valence-electron chi connectivity index (χ3n) is 5.56. The van der Waals surface area contributed by atoms with Crippen LogP contribution in [0, 0.1) is 5.82 Å². The van der Waals surface area contributed by atoms with Gasteiger partial charge in [-0.3, -0.25) is 10.1 Å². The highest BCUT2D eigenvalue weighted by atomic mass is 19.4. The molecule has 0 saturated heterocycles. The lowest BCUT2D eigenvalue weighted by Crippen LogP contribution is -2.23. The number of aromatic amines is 2. The summed E-state index contributed by atoms with van der Waals surface area (Å²) >= 11 is 0. The lowest BCUT2D eigenvalue weighted by Gasteiger charge is -2.09. The molecule has 12 heteroatoms. The number of anilines is 1. The molecule has 5 aromatic rings. The predicted molar refractivity (Wildman–Crippen MR) is 128 cm³/mol. The molecule has 5 rings (SSSR count). The summed E-state index contributed by atoms with van der Waals surface area (Å²) in [6.07, 6.45) is -5.64. The van der Waals surface area contributed by atoms with E-state index in [9.17, 15) is 27.2 Å². The zero-order valence-electron chi connectivity index (χ0n) is 18.8. The number of alkyl halides is 3. The molecule has 0 unspecified atom stereocenters. The molecule has 1 amide bonds. The third kappa shape index (κ3) is 5.27. The van der Waals surface area contributed by atoms with Crippen LogP contribution in [0.4, 0.5) is 28.3 Å². The van der Waals surface area contributed by atoms with Gasteiger partial charge in [0.05, 0.1) is 22.1 Å². The topological polar surface area (TPSA) is 113 Å². The number of ether oxygens (including phenoxy) is 1. The number of nitrogens with zero attached hydrogens (tertiary/aromatic N) is 2. The summed E-state index contributed by atoms with van der Waals surface area (Å²) in [6.45, 7) is -1.73. The van der Waals surface area contributed by atoms with Crippen molar-refractivity contribution in [3.05, 3.63) is 88.1 Å². The number of halogens is 4. The van der Waals surface area contributed by atoms with Crippen LogP contribution >= 0.6 is 0 Å². The molecule has 37 heavy (non-hydrogen) atoms. The molecule has 0 aliphatic heterocycles. The number of amides is 1. The smallest absolute Gasteiger partial charge is 0.422 e. The molecule has 0 aliphatic rings. The number of carbonyl (C=O) groups is 1. The van der Waals surface area contributed by atoms with Gasteiger partial charge in [-0.1, -0.05) is 30.3 Å². The fourth-order valence-electron chi connectivity index (χ4n) is 3.92. The second kappa shape index (κ2) is 9.37. The Bertz CT molecular complexity index is 1690. The number of imidazole rings is 1. The van der Waals surface area contributed by atoms with Gasteiger partial charge in [-0.25, -0.2) is 19.3 Å². The third-order valence-corrected chi connectivity index (χ3v) is 5.56. The Hall–Kier alpha value is -4.74. The van der Waals surface area contributed by atoms with Gasteiger partial charge in [0.1, 0.15) is 5.82 Å². The Morgan fingerprint density at radius 2 is 1.81 bits per heavy atom. The van der Waals surface area contributed by atoms with Gasteiger partial charge in [0.25, 0.3) is 5.56 Å². The number of benzene rings is 3. The summed E-state index contributed by atoms with van der Waals surface area (Å²) in [5, 5.41) is 9.95. The molecule has 188 valence electrons. The number of fused-ring (bicyclic) bond motifs is 2. The van der Waals surface area contributed by atoms with Crippen LogP contribution in [0.3, 0.4) is 0 Å². The van der Waals surface area contributed by atoms with Gasteiger partial charge in [0.2, 0.25) is 5.95 Å². The molecular formula is C25H17F4N5O3. The fourth-order valence-corrected chi connectivity index (χ4v) is 3.92. The zero-order chi connectivity index (χ0) is 26.2. The van der Waals surface area contributed by atoms with Gasteiger partial charge in [-0.2, -0.15) is 18.3 Å². The van der Waals surface area contributed by atoms with Crippen molar-refractivity contribution in [1.82, 2.24) is 20.2 Å². The minimum atomic E-state index is -4.65. The molecule has 8 nitrogen and oxygen atoms in total. The van der Waals surface area contributed by atoms with Crippen LogP contribution in [0.5, 0.6) is 0 Å². The van der Waals surface area contributed by atoms with E-state index in [1.165, 1.54) is 6.07 Å². The number of hydrogen-bond donors (Lipinski definition) is 3. The van der Waals surface area contributed by atoms with Crippen molar-refractivity contribution in [2.75, 3.05) is 11.9 Å². The lowest BCUT2D eigenvalue weighted by molar-refractivity contribution is -0.159. The number of aromatic nitrogens is 4. The predicted octanol–water partition coefficient (Wildman–Crippen LogP) is 5.31. The van der Waals surface area contributed by atoms with Crippen LogP contribution in [0.15, 0.2) is 65.5 Å². The summed E-state index contributed by atoms with van der Waals surface area (Å²) in [7, 11) is 0. The number of H-pyrrole nitrogens is 2. The van der Waals surface area contributed by atoms with Crippen molar-refractivity contribution in [3.63, 3.8) is 0 Å². The van der Waals surface area contributed by atoms with E-state index in [1.807, 2.05) is 0 Å². The largest absolute Gasteiger partial charge is 0.440 e. The van der Waals surface area contributed by atoms with E-state index < -0.39 is 24.7 Å². The van der Waals surface area contributed by atoms with Gasteiger partial charge in [-0.15, -0.1) is 0 Å². The summed E-state index contributed by atoms with van der Waals surface area (Å²) in [4.78, 5) is 30.5. The second-order valence-corrected chi connectivity index (χ2v) is 8.17. The highest BCUT2D eigenvalue weighted by Crippen LogP contribution is 2.29. The minimum Gasteiger partial charge on any atom is -0.440 e. The molecule has 0 fully saturated rings. The lowest BCUT2D eigenvalue weighted by atomic mass is 9.98. The highest BCUT2D eigenvalue weighted by molar-refractivity contribution is 5.88. The Balaban J connectivity index is 1.41. The van der Waals surface area contributed by atoms with Crippen LogP contribution in [0.2, 0.25) is 0 Å². The monoisotopic (exact) mass is 511 g/mol. The molecular weight excluding hydrogens is 494 g/mol. The Morgan fingerprint density at radius 3 is 2.59 bits per heavy atom. The molecule has 0 saturated carbocycles. The molecule has 0 bridgehead atoms. The summed E-state index contributed by atoms with van der Waals surface area (Å²) < 4.78 is 55.6. The molecule has 2 heterocycles. The van der Waals surface area contributed by atoms with Gasteiger partial charge < -0.3 is 9.72 Å². The van der Waals surface area contributed by atoms with Crippen molar-refractivity contribution < 1.29 is 27.1 Å². The molecule has 0 radical (unpaired) electrons. The van der Waals surface area contributed by atoms with Crippen LogP contribution < -0.4 is 10.9 Å². The van der Waals surface area contributed by atoms with E-state index in [0.29, 0.717) is 39.5 Å². The van der Waals surface area contributed by atoms with Crippen LogP contribution in [0.1, 0.15) is 11.3 Å². The standard InChI is InChI=1S/C25H17F4N5O3/c26-18-7-5-13(10-20-15-3-1-2-4-16(15)22(35)34-33-20)9-17(18)14-6-8-19-21(11-14)31-23(30-19)32-24(36)37-12-25(27,28)29/h1-9,11H,10,12H2,(H,34,35)(H2,30,31,32,36). The van der Waals surface area contributed by atoms with Gasteiger partial charge >= 0.3 is 12.3 Å². The number of carbonyl (C=O) groups excluding carboxylic acids is 1. The number of hydrogen-bond acceptors (Lipinski definition) is 5. The first-order chi connectivity index (χ1) is 17.7. The molecule has 0 aliphatic carbocycles. The summed E-state index contributed by atoms with van der Waals surface area (Å²) in [5.41, 5.74) is 2.67. The number of rotatable bonds is 5. The van der Waals surface area contributed by atoms with Crippen LogP contribution in [0.25, 0.3) is 32.9 Å². The van der Waals surface area contributed by atoms with Crippen molar-refractivity contribution in [1.29, 1.82) is 0 Å². The Labute approximate surface area is 205 Å². The molecule has 0 atom stereocenters. The normalized spacial score (nSPS) is 11.7. The van der Waals surface area contributed by atoms with E-state index >= 15 is 0 Å². The van der Waals surface area contributed by atoms with Crippen molar-refractivity contribution in [3.8, 4) is 11.1 Å². The van der Waals surface area contributed by atoms with Gasteiger partial charge in [-0.05, 0) is 41.5 Å². The van der Waals surface area contributed by atoms with Crippen LogP contribution in [-0.2, 0) is 11.2 Å². The average molecular weight is 511 g/mol. The minimum absolute atomic E-state index is 0.121. The van der Waals surface area contributed by atoms with Crippen molar-refractivity contribution in [2.24, 2.45) is 0 Å². The fraction of sp³-hybridized carbons (Fsp3) is 0.120.